The van der Waals surface area contributed by atoms with Crippen LogP contribution in [0.5, 0.6) is 0 Å². The van der Waals surface area contributed by atoms with Gasteiger partial charge in [0.25, 0.3) is 0 Å². The standard InChI is InChI=1S/C13H10.C2H4O/c1-4-10-6-2-8-12-9-3-7-11(5-1)13(10)12;1-2-3/h1-8H,9H2;2-3H,1H2. The van der Waals surface area contributed by atoms with Crippen LogP contribution >= 0.6 is 0 Å². The van der Waals surface area contributed by atoms with E-state index in [-0.39, 0.29) is 0 Å². The molecule has 0 aromatic heterocycles. The first kappa shape index (κ1) is 10.5. The van der Waals surface area contributed by atoms with Gasteiger partial charge in [-0.15, -0.1) is 0 Å². The predicted octanol–water partition coefficient (Wildman–Crippen LogP) is 4.10. The van der Waals surface area contributed by atoms with Gasteiger partial charge in [0.05, 0.1) is 6.26 Å². The van der Waals surface area contributed by atoms with Gasteiger partial charge in [-0.25, -0.2) is 0 Å². The Balaban J connectivity index is 0.000000292. The van der Waals surface area contributed by atoms with Gasteiger partial charge < -0.3 is 5.11 Å². The fourth-order valence-corrected chi connectivity index (χ4v) is 2.07. The Morgan fingerprint density at radius 2 is 1.81 bits per heavy atom. The zero-order chi connectivity index (χ0) is 11.4. The second-order valence-corrected chi connectivity index (χ2v) is 3.65. The summed E-state index contributed by atoms with van der Waals surface area (Å²) in [6.07, 6.45) is 6.28. The summed E-state index contributed by atoms with van der Waals surface area (Å²) in [6.45, 7) is 2.92. The quantitative estimate of drug-likeness (QED) is 0.649. The van der Waals surface area contributed by atoms with Crippen LogP contribution in [0.15, 0.2) is 55.3 Å². The van der Waals surface area contributed by atoms with E-state index in [2.05, 4.69) is 55.1 Å². The smallest absolute Gasteiger partial charge is 0.0719 e. The molecule has 1 N–H and O–H groups in total. The monoisotopic (exact) mass is 210 g/mol. The Morgan fingerprint density at radius 3 is 2.56 bits per heavy atom. The zero-order valence-electron chi connectivity index (χ0n) is 9.06. The molecular weight excluding hydrogens is 196 g/mol. The molecule has 1 aliphatic rings. The van der Waals surface area contributed by atoms with Crippen LogP contribution in [0, 0.1) is 0 Å². The lowest BCUT2D eigenvalue weighted by atomic mass is 9.93. The van der Waals surface area contributed by atoms with Gasteiger partial charge in [-0.2, -0.15) is 0 Å². The number of aliphatic hydroxyl groups excluding tert-OH is 1. The third-order valence-electron chi connectivity index (χ3n) is 2.66. The van der Waals surface area contributed by atoms with Crippen molar-refractivity contribution in [2.75, 3.05) is 0 Å². The van der Waals surface area contributed by atoms with Crippen LogP contribution in [0.25, 0.3) is 16.8 Å². The minimum absolute atomic E-state index is 0.750. The average molecular weight is 210 g/mol. The van der Waals surface area contributed by atoms with Crippen molar-refractivity contribution < 1.29 is 5.11 Å². The largest absolute Gasteiger partial charge is 0.516 e. The third-order valence-corrected chi connectivity index (χ3v) is 2.66. The minimum Gasteiger partial charge on any atom is -0.516 e. The lowest BCUT2D eigenvalue weighted by molar-refractivity contribution is 0.476. The molecule has 0 amide bonds. The molecule has 1 nitrogen and oxygen atoms in total. The van der Waals surface area contributed by atoms with Gasteiger partial charge in [0.2, 0.25) is 0 Å². The molecule has 3 rings (SSSR count). The van der Waals surface area contributed by atoms with Gasteiger partial charge in [-0.3, -0.25) is 0 Å². The van der Waals surface area contributed by atoms with Crippen molar-refractivity contribution in [3.05, 3.63) is 66.4 Å². The maximum Gasteiger partial charge on any atom is 0.0719 e. The maximum absolute atomic E-state index is 7.33. The summed E-state index contributed by atoms with van der Waals surface area (Å²) in [6, 6.07) is 13.0. The van der Waals surface area contributed by atoms with Gasteiger partial charge in [-0.05, 0) is 28.3 Å². The zero-order valence-corrected chi connectivity index (χ0v) is 9.06. The van der Waals surface area contributed by atoms with Crippen LogP contribution in [0.3, 0.4) is 0 Å². The first-order chi connectivity index (χ1) is 7.86. The molecular formula is C15H14O. The van der Waals surface area contributed by atoms with Crippen LogP contribution in [-0.4, -0.2) is 5.11 Å². The van der Waals surface area contributed by atoms with E-state index in [0.717, 1.165) is 12.7 Å². The summed E-state index contributed by atoms with van der Waals surface area (Å²) < 4.78 is 0. The fourth-order valence-electron chi connectivity index (χ4n) is 2.07. The molecule has 0 fully saturated rings. The first-order valence-electron chi connectivity index (χ1n) is 5.29. The van der Waals surface area contributed by atoms with Crippen LogP contribution in [0.4, 0.5) is 0 Å². The molecule has 2 aromatic rings. The van der Waals surface area contributed by atoms with E-state index in [4.69, 9.17) is 5.11 Å². The Morgan fingerprint density at radius 1 is 1.12 bits per heavy atom. The van der Waals surface area contributed by atoms with Crippen molar-refractivity contribution in [1.29, 1.82) is 0 Å². The number of aliphatic hydroxyl groups is 1. The molecule has 0 unspecified atom stereocenters. The molecule has 0 bridgehead atoms. The molecule has 0 atom stereocenters. The highest BCUT2D eigenvalue weighted by molar-refractivity contribution is 5.94. The SMILES string of the molecule is C1=Cc2cccc3cccc(c23)C1.C=CO. The van der Waals surface area contributed by atoms with E-state index in [1.54, 1.807) is 0 Å². The van der Waals surface area contributed by atoms with E-state index in [1.807, 2.05) is 0 Å². The van der Waals surface area contributed by atoms with Crippen molar-refractivity contribution in [2.24, 2.45) is 0 Å². The van der Waals surface area contributed by atoms with Crippen molar-refractivity contribution in [1.82, 2.24) is 0 Å². The molecule has 0 spiro atoms. The summed E-state index contributed by atoms with van der Waals surface area (Å²) in [7, 11) is 0. The van der Waals surface area contributed by atoms with Crippen molar-refractivity contribution in [3.63, 3.8) is 0 Å². The second-order valence-electron chi connectivity index (χ2n) is 3.65. The highest BCUT2D eigenvalue weighted by Crippen LogP contribution is 2.27. The number of benzene rings is 2. The molecule has 80 valence electrons. The Labute approximate surface area is 95.4 Å². The first-order valence-corrected chi connectivity index (χ1v) is 5.29. The van der Waals surface area contributed by atoms with Gasteiger partial charge in [0.1, 0.15) is 0 Å². The predicted molar refractivity (Wildman–Crippen MR) is 69.5 cm³/mol. The summed E-state index contributed by atoms with van der Waals surface area (Å²) in [5, 5.41) is 10.1. The third kappa shape index (κ3) is 1.84. The summed E-state index contributed by atoms with van der Waals surface area (Å²) in [5.41, 5.74) is 2.81. The summed E-state index contributed by atoms with van der Waals surface area (Å²) in [4.78, 5) is 0. The van der Waals surface area contributed by atoms with Gasteiger partial charge in [-0.1, -0.05) is 55.1 Å². The molecule has 0 saturated heterocycles. The lowest BCUT2D eigenvalue weighted by Gasteiger charge is -2.11. The molecule has 0 saturated carbocycles. The Hall–Kier alpha value is -2.02. The molecule has 0 heterocycles. The van der Waals surface area contributed by atoms with E-state index < -0.39 is 0 Å². The van der Waals surface area contributed by atoms with Crippen molar-refractivity contribution in [2.45, 2.75) is 6.42 Å². The molecule has 16 heavy (non-hydrogen) atoms. The highest BCUT2D eigenvalue weighted by atomic mass is 16.2. The van der Waals surface area contributed by atoms with Gasteiger partial charge >= 0.3 is 0 Å². The van der Waals surface area contributed by atoms with E-state index in [9.17, 15) is 0 Å². The van der Waals surface area contributed by atoms with Crippen molar-refractivity contribution >= 4 is 16.8 Å². The van der Waals surface area contributed by atoms with E-state index in [0.29, 0.717) is 0 Å². The summed E-state index contributed by atoms with van der Waals surface area (Å²) >= 11 is 0. The molecule has 0 aliphatic heterocycles. The lowest BCUT2D eigenvalue weighted by Crippen LogP contribution is -1.91. The summed E-state index contributed by atoms with van der Waals surface area (Å²) in [5.74, 6) is 0. The molecule has 2 aromatic carbocycles. The molecule has 1 aliphatic carbocycles. The number of rotatable bonds is 0. The van der Waals surface area contributed by atoms with Crippen molar-refractivity contribution in [3.8, 4) is 0 Å². The number of hydrogen-bond acceptors (Lipinski definition) is 1. The maximum atomic E-state index is 7.33. The van der Waals surface area contributed by atoms with E-state index in [1.165, 1.54) is 21.9 Å². The van der Waals surface area contributed by atoms with Gasteiger partial charge in [0.15, 0.2) is 0 Å². The van der Waals surface area contributed by atoms with Crippen LogP contribution in [0.2, 0.25) is 0 Å². The van der Waals surface area contributed by atoms with Crippen LogP contribution in [-0.2, 0) is 6.42 Å². The van der Waals surface area contributed by atoms with Crippen LogP contribution < -0.4 is 0 Å². The highest BCUT2D eigenvalue weighted by Gasteiger charge is 2.06. The topological polar surface area (TPSA) is 20.2 Å². The normalized spacial score (nSPS) is 11.8. The van der Waals surface area contributed by atoms with Gasteiger partial charge in [0, 0.05) is 0 Å². The second kappa shape index (κ2) is 4.67. The number of allylic oxidation sites excluding steroid dienone is 1. The molecule has 0 radical (unpaired) electrons. The number of hydrogen-bond donors (Lipinski definition) is 1. The van der Waals surface area contributed by atoms with Crippen LogP contribution in [0.1, 0.15) is 11.1 Å². The fraction of sp³-hybridized carbons (Fsp3) is 0.0667. The van der Waals surface area contributed by atoms with E-state index >= 15 is 0 Å². The average Bonchev–Trinajstić information content (AvgIpc) is 2.31. The Bertz CT molecular complexity index is 533. The Kier molecular flexibility index (Phi) is 3.06. The molecule has 1 heteroatoms. The minimum atomic E-state index is 0.750.